The predicted molar refractivity (Wildman–Crippen MR) is 124 cm³/mol. The fourth-order valence-corrected chi connectivity index (χ4v) is 3.16. The van der Waals surface area contributed by atoms with Crippen molar-refractivity contribution in [3.63, 3.8) is 0 Å². The Kier molecular flexibility index (Phi) is 10.4. The van der Waals surface area contributed by atoms with E-state index < -0.39 is 6.09 Å². The van der Waals surface area contributed by atoms with Crippen LogP contribution in [0.15, 0.2) is 36.4 Å². The molecule has 0 unspecified atom stereocenters. The zero-order valence-corrected chi connectivity index (χ0v) is 19.5. The summed E-state index contributed by atoms with van der Waals surface area (Å²) >= 11 is 0. The summed E-state index contributed by atoms with van der Waals surface area (Å²) in [6, 6.07) is 11.9. The molecule has 0 atom stereocenters. The minimum Gasteiger partial charge on any atom is -0.493 e. The van der Waals surface area contributed by atoms with Crippen LogP contribution in [-0.2, 0) is 22.4 Å². The first-order valence-electron chi connectivity index (χ1n) is 11.0. The van der Waals surface area contributed by atoms with Gasteiger partial charge in [0.2, 0.25) is 5.91 Å². The zero-order chi connectivity index (χ0) is 23.3. The van der Waals surface area contributed by atoms with Crippen molar-refractivity contribution in [3.8, 4) is 11.5 Å². The Balaban J connectivity index is 1.74. The van der Waals surface area contributed by atoms with Gasteiger partial charge in [-0.15, -0.1) is 0 Å². The van der Waals surface area contributed by atoms with Gasteiger partial charge in [0, 0.05) is 6.54 Å². The van der Waals surface area contributed by atoms with Crippen molar-refractivity contribution in [3.05, 3.63) is 58.7 Å². The molecule has 0 aliphatic carbocycles. The second-order valence-corrected chi connectivity index (χ2v) is 7.53. The standard InChI is InChI=1S/C25H34N2O5/c1-5-31-25(29)27-13-14-32-22-11-10-21(16-23(22)30-4)17-24(28)26-12-6-7-20-9-8-18(2)19(3)15-20/h8-11,15-16H,5-7,12-14,17H2,1-4H3,(H,26,28)(H,27,29). The molecule has 2 amide bonds. The van der Waals surface area contributed by atoms with Gasteiger partial charge in [-0.3, -0.25) is 4.79 Å². The first-order chi connectivity index (χ1) is 15.4. The third-order valence-corrected chi connectivity index (χ3v) is 5.03. The van der Waals surface area contributed by atoms with E-state index in [1.807, 2.05) is 6.07 Å². The summed E-state index contributed by atoms with van der Waals surface area (Å²) in [4.78, 5) is 23.6. The highest BCUT2D eigenvalue weighted by Crippen LogP contribution is 2.28. The summed E-state index contributed by atoms with van der Waals surface area (Å²) in [7, 11) is 1.55. The van der Waals surface area contributed by atoms with E-state index in [0.717, 1.165) is 18.4 Å². The second kappa shape index (κ2) is 13.2. The molecular weight excluding hydrogens is 408 g/mol. The Morgan fingerprint density at radius 2 is 1.69 bits per heavy atom. The van der Waals surface area contributed by atoms with Crippen molar-refractivity contribution >= 4 is 12.0 Å². The van der Waals surface area contributed by atoms with Gasteiger partial charge in [-0.25, -0.2) is 4.79 Å². The van der Waals surface area contributed by atoms with Crippen molar-refractivity contribution in [2.24, 2.45) is 0 Å². The Morgan fingerprint density at radius 1 is 0.906 bits per heavy atom. The summed E-state index contributed by atoms with van der Waals surface area (Å²) in [6.07, 6.45) is 1.62. The van der Waals surface area contributed by atoms with E-state index in [-0.39, 0.29) is 18.9 Å². The second-order valence-electron chi connectivity index (χ2n) is 7.53. The highest BCUT2D eigenvalue weighted by molar-refractivity contribution is 5.78. The first kappa shape index (κ1) is 25.0. The van der Waals surface area contributed by atoms with Crippen LogP contribution in [0, 0.1) is 13.8 Å². The van der Waals surface area contributed by atoms with Gasteiger partial charge in [0.25, 0.3) is 0 Å². The number of amides is 2. The van der Waals surface area contributed by atoms with Gasteiger partial charge in [-0.1, -0.05) is 24.3 Å². The quantitative estimate of drug-likeness (QED) is 0.489. The third kappa shape index (κ3) is 8.49. The van der Waals surface area contributed by atoms with Crippen LogP contribution in [-0.4, -0.2) is 45.4 Å². The molecule has 0 heterocycles. The smallest absolute Gasteiger partial charge is 0.407 e. The molecule has 2 rings (SSSR count). The maximum atomic E-state index is 12.3. The van der Waals surface area contributed by atoms with Crippen molar-refractivity contribution < 1.29 is 23.8 Å². The summed E-state index contributed by atoms with van der Waals surface area (Å²) in [5, 5.41) is 5.57. The summed E-state index contributed by atoms with van der Waals surface area (Å²) < 4.78 is 15.8. The number of ether oxygens (including phenoxy) is 3. The van der Waals surface area contributed by atoms with Gasteiger partial charge in [-0.05, 0) is 68.0 Å². The van der Waals surface area contributed by atoms with E-state index in [4.69, 9.17) is 14.2 Å². The van der Waals surface area contributed by atoms with Gasteiger partial charge in [0.15, 0.2) is 11.5 Å². The van der Waals surface area contributed by atoms with E-state index in [1.165, 1.54) is 16.7 Å². The van der Waals surface area contributed by atoms with Gasteiger partial charge in [0.05, 0.1) is 26.7 Å². The van der Waals surface area contributed by atoms with E-state index in [1.54, 1.807) is 26.2 Å². The Hall–Kier alpha value is -3.22. The average molecular weight is 443 g/mol. The zero-order valence-electron chi connectivity index (χ0n) is 19.5. The summed E-state index contributed by atoms with van der Waals surface area (Å²) in [6.45, 7) is 7.51. The molecule has 2 aromatic rings. The number of carbonyl (C=O) groups is 2. The molecule has 0 aromatic heterocycles. The van der Waals surface area contributed by atoms with Crippen LogP contribution in [0.2, 0.25) is 0 Å². The monoisotopic (exact) mass is 442 g/mol. The van der Waals surface area contributed by atoms with Crippen LogP contribution >= 0.6 is 0 Å². The molecule has 0 saturated carbocycles. The fourth-order valence-electron chi connectivity index (χ4n) is 3.16. The average Bonchev–Trinajstić information content (AvgIpc) is 2.77. The van der Waals surface area contributed by atoms with Crippen LogP contribution in [0.3, 0.4) is 0 Å². The molecule has 0 bridgehead atoms. The largest absolute Gasteiger partial charge is 0.493 e. The van der Waals surface area contributed by atoms with Crippen LogP contribution < -0.4 is 20.1 Å². The van der Waals surface area contributed by atoms with Crippen molar-refractivity contribution in [2.75, 3.05) is 33.4 Å². The van der Waals surface area contributed by atoms with E-state index >= 15 is 0 Å². The Labute approximate surface area is 190 Å². The van der Waals surface area contributed by atoms with Gasteiger partial charge < -0.3 is 24.8 Å². The van der Waals surface area contributed by atoms with Crippen LogP contribution in [0.25, 0.3) is 0 Å². The van der Waals surface area contributed by atoms with E-state index in [0.29, 0.717) is 31.2 Å². The van der Waals surface area contributed by atoms with Gasteiger partial charge in [-0.2, -0.15) is 0 Å². The molecule has 0 aliphatic rings. The normalized spacial score (nSPS) is 10.4. The number of hydrogen-bond donors (Lipinski definition) is 2. The molecule has 2 N–H and O–H groups in total. The molecule has 7 heteroatoms. The molecular formula is C25H34N2O5. The lowest BCUT2D eigenvalue weighted by Crippen LogP contribution is -2.28. The summed E-state index contributed by atoms with van der Waals surface area (Å²) in [5.41, 5.74) is 4.72. The Bertz CT molecular complexity index is 898. The van der Waals surface area contributed by atoms with Gasteiger partial charge in [0.1, 0.15) is 6.61 Å². The fraction of sp³-hybridized carbons (Fsp3) is 0.440. The molecule has 174 valence electrons. The maximum Gasteiger partial charge on any atom is 0.407 e. The van der Waals surface area contributed by atoms with Gasteiger partial charge >= 0.3 is 6.09 Å². The van der Waals surface area contributed by atoms with Crippen molar-refractivity contribution in [1.29, 1.82) is 0 Å². The SMILES string of the molecule is CCOC(=O)NCCOc1ccc(CC(=O)NCCCc2ccc(C)c(C)c2)cc1OC. The number of benzene rings is 2. The lowest BCUT2D eigenvalue weighted by molar-refractivity contribution is -0.120. The summed E-state index contributed by atoms with van der Waals surface area (Å²) in [5.74, 6) is 1.07. The van der Waals surface area contributed by atoms with Crippen molar-refractivity contribution in [2.45, 2.75) is 40.0 Å². The minimum absolute atomic E-state index is 0.0283. The molecule has 0 aliphatic heterocycles. The maximum absolute atomic E-state index is 12.3. The molecule has 32 heavy (non-hydrogen) atoms. The lowest BCUT2D eigenvalue weighted by atomic mass is 10.0. The number of nitrogens with one attached hydrogen (secondary N) is 2. The van der Waals surface area contributed by atoms with Crippen molar-refractivity contribution in [1.82, 2.24) is 10.6 Å². The highest BCUT2D eigenvalue weighted by atomic mass is 16.5. The Morgan fingerprint density at radius 3 is 2.41 bits per heavy atom. The number of methoxy groups -OCH3 is 1. The molecule has 0 spiro atoms. The van der Waals surface area contributed by atoms with E-state index in [2.05, 4.69) is 42.7 Å². The number of carbonyl (C=O) groups excluding carboxylic acids is 2. The molecule has 2 aromatic carbocycles. The third-order valence-electron chi connectivity index (χ3n) is 5.03. The number of alkyl carbamates (subject to hydrolysis) is 1. The molecule has 0 fully saturated rings. The predicted octanol–water partition coefficient (Wildman–Crippen LogP) is 3.73. The topological polar surface area (TPSA) is 85.9 Å². The van der Waals surface area contributed by atoms with Crippen LogP contribution in [0.5, 0.6) is 11.5 Å². The number of aryl methyl sites for hydroxylation is 3. The molecule has 0 saturated heterocycles. The highest BCUT2D eigenvalue weighted by Gasteiger charge is 2.09. The number of hydrogen-bond acceptors (Lipinski definition) is 5. The van der Waals surface area contributed by atoms with Crippen LogP contribution in [0.1, 0.15) is 35.6 Å². The first-order valence-corrected chi connectivity index (χ1v) is 11.0. The lowest BCUT2D eigenvalue weighted by Gasteiger charge is -2.13. The molecule has 7 nitrogen and oxygen atoms in total. The minimum atomic E-state index is -0.474. The van der Waals surface area contributed by atoms with E-state index in [9.17, 15) is 9.59 Å². The number of rotatable bonds is 12. The van der Waals surface area contributed by atoms with Crippen LogP contribution in [0.4, 0.5) is 4.79 Å². The molecule has 0 radical (unpaired) electrons.